The molecular formula is C16H16N2O3. The molecule has 108 valence electrons. The summed E-state index contributed by atoms with van der Waals surface area (Å²) in [6.45, 7) is 0.686. The first-order valence-electron chi connectivity index (χ1n) is 6.83. The fourth-order valence-electron chi connectivity index (χ4n) is 2.80. The van der Waals surface area contributed by atoms with Gasteiger partial charge >= 0.3 is 5.69 Å². The highest BCUT2D eigenvalue weighted by atomic mass is 16.6. The lowest BCUT2D eigenvalue weighted by Crippen LogP contribution is -2.24. The van der Waals surface area contributed by atoms with Gasteiger partial charge in [0, 0.05) is 12.5 Å². The van der Waals surface area contributed by atoms with Crippen molar-refractivity contribution in [1.82, 2.24) is 0 Å². The minimum absolute atomic E-state index is 0.00684. The number of anilines is 1. The highest BCUT2D eigenvalue weighted by Crippen LogP contribution is 2.37. The van der Waals surface area contributed by atoms with Crippen LogP contribution in [0.1, 0.15) is 17.0 Å². The third-order valence-corrected chi connectivity index (χ3v) is 3.90. The van der Waals surface area contributed by atoms with E-state index in [0.29, 0.717) is 18.2 Å². The lowest BCUT2D eigenvalue weighted by Gasteiger charge is -2.30. The number of ether oxygens (including phenoxy) is 1. The highest BCUT2D eigenvalue weighted by Gasteiger charge is 2.26. The first-order chi connectivity index (χ1) is 10.2. The molecule has 21 heavy (non-hydrogen) atoms. The highest BCUT2D eigenvalue weighted by molar-refractivity contribution is 5.68. The van der Waals surface area contributed by atoms with Crippen LogP contribution in [0.4, 0.5) is 11.4 Å². The second-order valence-corrected chi connectivity index (χ2v) is 5.09. The molecule has 3 rings (SSSR count). The lowest BCUT2D eigenvalue weighted by molar-refractivity contribution is -0.384. The molecule has 2 aromatic rings. The van der Waals surface area contributed by atoms with Crippen molar-refractivity contribution in [3.63, 3.8) is 0 Å². The molecule has 1 unspecified atom stereocenters. The smallest absolute Gasteiger partial charge is 0.333 e. The van der Waals surface area contributed by atoms with Gasteiger partial charge in [-0.25, -0.2) is 0 Å². The second kappa shape index (κ2) is 5.44. The van der Waals surface area contributed by atoms with E-state index in [4.69, 9.17) is 4.74 Å². The minimum atomic E-state index is -0.407. The number of hydrogen-bond donors (Lipinski definition) is 1. The monoisotopic (exact) mass is 284 g/mol. The van der Waals surface area contributed by atoms with Gasteiger partial charge in [-0.3, -0.25) is 10.1 Å². The molecule has 0 bridgehead atoms. The number of hydrogen-bond acceptors (Lipinski definition) is 4. The van der Waals surface area contributed by atoms with Crippen LogP contribution in [-0.2, 0) is 6.42 Å². The fraction of sp³-hybridized carbons (Fsp3) is 0.250. The molecule has 0 radical (unpaired) electrons. The standard InChI is InChI=1S/C16H16N2O3/c1-21-15-8-4-7-14(16(15)18(19)20)17-10-12-9-11-5-2-3-6-13(11)12/h2-8,12,17H,9-10H2,1H3. The Kier molecular flexibility index (Phi) is 3.48. The summed E-state index contributed by atoms with van der Waals surface area (Å²) in [4.78, 5) is 10.8. The van der Waals surface area contributed by atoms with Crippen molar-refractivity contribution in [3.8, 4) is 5.75 Å². The average Bonchev–Trinajstić information content (AvgIpc) is 2.47. The van der Waals surface area contributed by atoms with Crippen molar-refractivity contribution >= 4 is 11.4 Å². The van der Waals surface area contributed by atoms with Gasteiger partial charge in [-0.05, 0) is 29.7 Å². The van der Waals surface area contributed by atoms with Crippen LogP contribution in [0, 0.1) is 10.1 Å². The number of para-hydroxylation sites is 1. The van der Waals surface area contributed by atoms with Crippen LogP contribution < -0.4 is 10.1 Å². The Morgan fingerprint density at radius 2 is 2.10 bits per heavy atom. The van der Waals surface area contributed by atoms with E-state index >= 15 is 0 Å². The van der Waals surface area contributed by atoms with Crippen molar-refractivity contribution in [2.45, 2.75) is 12.3 Å². The van der Waals surface area contributed by atoms with E-state index in [9.17, 15) is 10.1 Å². The number of nitrogens with one attached hydrogen (secondary N) is 1. The summed E-state index contributed by atoms with van der Waals surface area (Å²) in [5, 5.41) is 14.4. The Bertz CT molecular complexity index is 685. The molecule has 1 aliphatic carbocycles. The summed E-state index contributed by atoms with van der Waals surface area (Å²) in [6, 6.07) is 13.4. The predicted octanol–water partition coefficient (Wildman–Crippen LogP) is 3.36. The molecule has 0 aromatic heterocycles. The van der Waals surface area contributed by atoms with Crippen LogP contribution in [-0.4, -0.2) is 18.6 Å². The molecule has 5 heteroatoms. The van der Waals surface area contributed by atoms with Crippen LogP contribution in [0.3, 0.4) is 0 Å². The molecule has 1 aliphatic rings. The topological polar surface area (TPSA) is 64.4 Å². The maximum Gasteiger partial charge on any atom is 0.333 e. The van der Waals surface area contributed by atoms with E-state index in [0.717, 1.165) is 6.42 Å². The Labute approximate surface area is 122 Å². The zero-order chi connectivity index (χ0) is 14.8. The zero-order valence-corrected chi connectivity index (χ0v) is 11.7. The van der Waals surface area contributed by atoms with E-state index in [-0.39, 0.29) is 11.4 Å². The first-order valence-corrected chi connectivity index (χ1v) is 6.83. The Morgan fingerprint density at radius 1 is 1.29 bits per heavy atom. The van der Waals surface area contributed by atoms with Gasteiger partial charge in [-0.15, -0.1) is 0 Å². The van der Waals surface area contributed by atoms with Gasteiger partial charge in [0.15, 0.2) is 5.75 Å². The van der Waals surface area contributed by atoms with Crippen LogP contribution in [0.2, 0.25) is 0 Å². The van der Waals surface area contributed by atoms with E-state index in [2.05, 4.69) is 17.4 Å². The first kappa shape index (κ1) is 13.4. The van der Waals surface area contributed by atoms with Crippen molar-refractivity contribution in [2.24, 2.45) is 0 Å². The van der Waals surface area contributed by atoms with Crippen LogP contribution >= 0.6 is 0 Å². The summed E-state index contributed by atoms with van der Waals surface area (Å²) in [7, 11) is 1.44. The number of nitro benzene ring substituents is 1. The predicted molar refractivity (Wildman–Crippen MR) is 81.0 cm³/mol. The summed E-state index contributed by atoms with van der Waals surface area (Å²) < 4.78 is 5.07. The van der Waals surface area contributed by atoms with Crippen LogP contribution in [0.15, 0.2) is 42.5 Å². The molecule has 0 spiro atoms. The third kappa shape index (κ3) is 2.42. The van der Waals surface area contributed by atoms with Gasteiger partial charge in [0.1, 0.15) is 5.69 Å². The molecule has 0 amide bonds. The molecule has 0 saturated heterocycles. The summed E-state index contributed by atoms with van der Waals surface area (Å²) in [5.74, 6) is 0.686. The zero-order valence-electron chi connectivity index (χ0n) is 11.7. The maximum atomic E-state index is 11.2. The van der Waals surface area contributed by atoms with Gasteiger partial charge in [0.05, 0.1) is 12.0 Å². The minimum Gasteiger partial charge on any atom is -0.490 e. The van der Waals surface area contributed by atoms with Gasteiger partial charge in [-0.2, -0.15) is 0 Å². The number of methoxy groups -OCH3 is 1. The fourth-order valence-corrected chi connectivity index (χ4v) is 2.80. The van der Waals surface area contributed by atoms with E-state index in [1.165, 1.54) is 18.2 Å². The van der Waals surface area contributed by atoms with Crippen molar-refractivity contribution in [3.05, 3.63) is 63.7 Å². The normalized spacial score (nSPS) is 15.8. The maximum absolute atomic E-state index is 11.2. The van der Waals surface area contributed by atoms with Crippen molar-refractivity contribution in [2.75, 3.05) is 19.0 Å². The molecular weight excluding hydrogens is 268 g/mol. The van der Waals surface area contributed by atoms with Crippen molar-refractivity contribution < 1.29 is 9.66 Å². The Balaban J connectivity index is 1.76. The van der Waals surface area contributed by atoms with Crippen molar-refractivity contribution in [1.29, 1.82) is 0 Å². The quantitative estimate of drug-likeness (QED) is 0.675. The van der Waals surface area contributed by atoms with Crippen LogP contribution in [0.5, 0.6) is 5.75 Å². The number of benzene rings is 2. The number of nitro groups is 1. The van der Waals surface area contributed by atoms with Gasteiger partial charge in [0.2, 0.25) is 0 Å². The molecule has 5 nitrogen and oxygen atoms in total. The van der Waals surface area contributed by atoms with Gasteiger partial charge in [0.25, 0.3) is 0 Å². The molecule has 1 atom stereocenters. The van der Waals surface area contributed by atoms with Crippen LogP contribution in [0.25, 0.3) is 0 Å². The largest absolute Gasteiger partial charge is 0.490 e. The lowest BCUT2D eigenvalue weighted by atomic mass is 9.77. The molecule has 0 heterocycles. The van der Waals surface area contributed by atoms with Gasteiger partial charge in [-0.1, -0.05) is 30.3 Å². The summed E-state index contributed by atoms with van der Waals surface area (Å²) in [5.41, 5.74) is 3.19. The average molecular weight is 284 g/mol. The molecule has 2 aromatic carbocycles. The summed E-state index contributed by atoms with van der Waals surface area (Å²) >= 11 is 0. The van der Waals surface area contributed by atoms with Gasteiger partial charge < -0.3 is 10.1 Å². The SMILES string of the molecule is COc1cccc(NCC2Cc3ccccc32)c1[N+](=O)[O-]. The van der Waals surface area contributed by atoms with E-state index in [1.807, 2.05) is 12.1 Å². The third-order valence-electron chi connectivity index (χ3n) is 3.90. The number of nitrogens with zero attached hydrogens (tertiary/aromatic N) is 1. The molecule has 0 fully saturated rings. The van der Waals surface area contributed by atoms with E-state index < -0.39 is 4.92 Å². The molecule has 1 N–H and O–H groups in total. The Morgan fingerprint density at radius 3 is 2.81 bits per heavy atom. The summed E-state index contributed by atoms with van der Waals surface area (Å²) in [6.07, 6.45) is 1.01. The Hall–Kier alpha value is -2.56. The number of fused-ring (bicyclic) bond motifs is 1. The number of rotatable bonds is 5. The van der Waals surface area contributed by atoms with E-state index in [1.54, 1.807) is 18.2 Å². The second-order valence-electron chi connectivity index (χ2n) is 5.09. The molecule has 0 aliphatic heterocycles. The molecule has 0 saturated carbocycles.